The molecule has 0 unspecified atom stereocenters. The lowest BCUT2D eigenvalue weighted by atomic mass is 10.2. The van der Waals surface area contributed by atoms with Crippen LogP contribution in [0.5, 0.6) is 0 Å². The van der Waals surface area contributed by atoms with Crippen LogP contribution < -0.4 is 0 Å². The maximum atomic E-state index is 12.8. The van der Waals surface area contributed by atoms with Crippen LogP contribution in [0.15, 0.2) is 29.2 Å². The highest BCUT2D eigenvalue weighted by Gasteiger charge is 2.28. The van der Waals surface area contributed by atoms with Crippen molar-refractivity contribution < 1.29 is 13.2 Å². The molecule has 6 nitrogen and oxygen atoms in total. The van der Waals surface area contributed by atoms with E-state index >= 15 is 0 Å². The minimum atomic E-state index is -3.46. The van der Waals surface area contributed by atoms with Crippen LogP contribution >= 0.6 is 0 Å². The molecule has 2 heterocycles. The molecule has 0 atom stereocenters. The lowest BCUT2D eigenvalue weighted by molar-refractivity contribution is -0.131. The van der Waals surface area contributed by atoms with E-state index in [1.807, 2.05) is 24.0 Å². The van der Waals surface area contributed by atoms with Crippen LogP contribution in [-0.4, -0.2) is 74.2 Å². The Morgan fingerprint density at radius 2 is 1.60 bits per heavy atom. The largest absolute Gasteiger partial charge is 0.342 e. The summed E-state index contributed by atoms with van der Waals surface area (Å²) in [5.41, 5.74) is 1.04. The van der Waals surface area contributed by atoms with Crippen LogP contribution in [0.1, 0.15) is 24.8 Å². The lowest BCUT2D eigenvalue weighted by Crippen LogP contribution is -2.41. The number of amides is 1. The molecule has 1 amide bonds. The molecule has 7 heteroatoms. The molecule has 25 heavy (non-hydrogen) atoms. The van der Waals surface area contributed by atoms with Crippen LogP contribution in [0, 0.1) is 6.92 Å². The van der Waals surface area contributed by atoms with Crippen LogP contribution in [0.25, 0.3) is 0 Å². The number of hydrogen-bond donors (Lipinski definition) is 0. The van der Waals surface area contributed by atoms with Crippen LogP contribution in [0.2, 0.25) is 0 Å². The molecule has 138 valence electrons. The molecule has 2 fully saturated rings. The summed E-state index contributed by atoms with van der Waals surface area (Å²) >= 11 is 0. The monoisotopic (exact) mass is 365 g/mol. The van der Waals surface area contributed by atoms with E-state index in [-0.39, 0.29) is 5.91 Å². The average Bonchev–Trinajstić information content (AvgIpc) is 3.02. The Hall–Kier alpha value is -1.44. The van der Waals surface area contributed by atoms with Gasteiger partial charge in [-0.3, -0.25) is 9.69 Å². The van der Waals surface area contributed by atoms with E-state index in [4.69, 9.17) is 0 Å². The van der Waals surface area contributed by atoms with E-state index in [9.17, 15) is 13.2 Å². The first-order valence-electron chi connectivity index (χ1n) is 9.04. The van der Waals surface area contributed by atoms with Gasteiger partial charge in [0.25, 0.3) is 0 Å². The van der Waals surface area contributed by atoms with Crippen LogP contribution in [0.4, 0.5) is 0 Å². The highest BCUT2D eigenvalue weighted by atomic mass is 32.2. The summed E-state index contributed by atoms with van der Waals surface area (Å²) in [6, 6.07) is 6.99. The SMILES string of the molecule is Cc1ccc(S(=O)(=O)N2CCCN(CC(=O)N3CCCC3)CC2)cc1. The van der Waals surface area contributed by atoms with Gasteiger partial charge in [-0.05, 0) is 44.9 Å². The molecular weight excluding hydrogens is 338 g/mol. The topological polar surface area (TPSA) is 60.9 Å². The number of carbonyl (C=O) groups excluding carboxylic acids is 1. The van der Waals surface area contributed by atoms with E-state index in [0.717, 1.165) is 44.5 Å². The molecule has 0 radical (unpaired) electrons. The fraction of sp³-hybridized carbons (Fsp3) is 0.611. The highest BCUT2D eigenvalue weighted by Crippen LogP contribution is 2.18. The molecule has 0 spiro atoms. The standard InChI is InChI=1S/C18H27N3O3S/c1-16-5-7-17(8-6-16)25(23,24)21-12-4-9-19(13-14-21)15-18(22)20-10-2-3-11-20/h5-8H,2-4,9-15H2,1H3. The molecule has 0 aromatic heterocycles. The predicted octanol–water partition coefficient (Wildman–Crippen LogP) is 1.31. The number of aryl methyl sites for hydroxylation is 1. The third-order valence-corrected chi connectivity index (χ3v) is 6.94. The summed E-state index contributed by atoms with van der Waals surface area (Å²) < 4.78 is 27.2. The second-order valence-corrected chi connectivity index (χ2v) is 8.87. The summed E-state index contributed by atoms with van der Waals surface area (Å²) in [6.45, 7) is 6.37. The molecule has 2 aliphatic heterocycles. The van der Waals surface area contributed by atoms with Crippen LogP contribution in [0.3, 0.4) is 0 Å². The number of nitrogens with zero attached hydrogens (tertiary/aromatic N) is 3. The Bertz CT molecular complexity index is 697. The normalized spacial score (nSPS) is 20.6. The second kappa shape index (κ2) is 7.85. The third kappa shape index (κ3) is 4.40. The van der Waals surface area contributed by atoms with Crippen molar-refractivity contribution in [2.45, 2.75) is 31.1 Å². The van der Waals surface area contributed by atoms with Crippen molar-refractivity contribution >= 4 is 15.9 Å². The molecule has 0 N–H and O–H groups in total. The van der Waals surface area contributed by atoms with Gasteiger partial charge in [-0.15, -0.1) is 0 Å². The van der Waals surface area contributed by atoms with Gasteiger partial charge in [-0.1, -0.05) is 17.7 Å². The average molecular weight is 365 g/mol. The van der Waals surface area contributed by atoms with Crippen LogP contribution in [-0.2, 0) is 14.8 Å². The van der Waals surface area contributed by atoms with Crippen molar-refractivity contribution in [3.05, 3.63) is 29.8 Å². The minimum absolute atomic E-state index is 0.173. The molecule has 3 rings (SSSR count). The van der Waals surface area contributed by atoms with E-state index < -0.39 is 10.0 Å². The van der Waals surface area contributed by atoms with Crippen molar-refractivity contribution in [1.29, 1.82) is 0 Å². The van der Waals surface area contributed by atoms with Gasteiger partial charge in [-0.2, -0.15) is 4.31 Å². The highest BCUT2D eigenvalue weighted by molar-refractivity contribution is 7.89. The van der Waals surface area contributed by atoms with Gasteiger partial charge in [0.05, 0.1) is 11.4 Å². The molecular formula is C18H27N3O3S. The maximum absolute atomic E-state index is 12.8. The molecule has 1 aromatic carbocycles. The summed E-state index contributed by atoms with van der Waals surface area (Å²) in [7, 11) is -3.46. The zero-order chi connectivity index (χ0) is 17.9. The number of rotatable bonds is 4. The van der Waals surface area contributed by atoms with E-state index in [1.54, 1.807) is 16.4 Å². The Morgan fingerprint density at radius 3 is 2.28 bits per heavy atom. The molecule has 2 saturated heterocycles. The van der Waals surface area contributed by atoms with Gasteiger partial charge in [0.2, 0.25) is 15.9 Å². The zero-order valence-electron chi connectivity index (χ0n) is 14.9. The summed E-state index contributed by atoms with van der Waals surface area (Å²) in [5, 5.41) is 0. The number of benzene rings is 1. The second-order valence-electron chi connectivity index (χ2n) is 6.93. The summed E-state index contributed by atoms with van der Waals surface area (Å²) in [4.78, 5) is 16.7. The van der Waals surface area contributed by atoms with Crippen molar-refractivity contribution in [3.8, 4) is 0 Å². The fourth-order valence-corrected chi connectivity index (χ4v) is 4.93. The fourth-order valence-electron chi connectivity index (χ4n) is 3.46. The van der Waals surface area contributed by atoms with Crippen molar-refractivity contribution in [1.82, 2.24) is 14.1 Å². The Labute approximate surface area is 150 Å². The summed E-state index contributed by atoms with van der Waals surface area (Å²) in [6.07, 6.45) is 2.93. The van der Waals surface area contributed by atoms with Gasteiger partial charge in [-0.25, -0.2) is 8.42 Å². The lowest BCUT2D eigenvalue weighted by Gasteiger charge is -2.23. The Morgan fingerprint density at radius 1 is 0.920 bits per heavy atom. The first kappa shape index (κ1) is 18.4. The zero-order valence-corrected chi connectivity index (χ0v) is 15.7. The molecule has 0 aliphatic carbocycles. The quantitative estimate of drug-likeness (QED) is 0.807. The Kier molecular flexibility index (Phi) is 5.76. The molecule has 2 aliphatic rings. The molecule has 0 bridgehead atoms. The van der Waals surface area contributed by atoms with Gasteiger partial charge in [0.1, 0.15) is 0 Å². The first-order valence-corrected chi connectivity index (χ1v) is 10.5. The molecule has 1 aromatic rings. The minimum Gasteiger partial charge on any atom is -0.342 e. The van der Waals surface area contributed by atoms with Crippen molar-refractivity contribution in [3.63, 3.8) is 0 Å². The van der Waals surface area contributed by atoms with Crippen molar-refractivity contribution in [2.75, 3.05) is 45.8 Å². The smallest absolute Gasteiger partial charge is 0.243 e. The summed E-state index contributed by atoms with van der Waals surface area (Å²) in [5.74, 6) is 0.173. The Balaban J connectivity index is 1.60. The van der Waals surface area contributed by atoms with E-state index in [1.165, 1.54) is 0 Å². The van der Waals surface area contributed by atoms with Gasteiger partial charge in [0.15, 0.2) is 0 Å². The number of carbonyl (C=O) groups is 1. The number of hydrogen-bond acceptors (Lipinski definition) is 4. The van der Waals surface area contributed by atoms with Gasteiger partial charge in [0, 0.05) is 32.7 Å². The maximum Gasteiger partial charge on any atom is 0.243 e. The first-order chi connectivity index (χ1) is 12.0. The van der Waals surface area contributed by atoms with Crippen molar-refractivity contribution in [2.24, 2.45) is 0 Å². The third-order valence-electron chi connectivity index (χ3n) is 5.02. The van der Waals surface area contributed by atoms with E-state index in [2.05, 4.69) is 4.90 Å². The predicted molar refractivity (Wildman–Crippen MR) is 96.8 cm³/mol. The number of likely N-dealkylation sites (tertiary alicyclic amines) is 1. The number of sulfonamides is 1. The van der Waals surface area contributed by atoms with Gasteiger partial charge >= 0.3 is 0 Å². The molecule has 0 saturated carbocycles. The van der Waals surface area contributed by atoms with Gasteiger partial charge < -0.3 is 4.90 Å². The van der Waals surface area contributed by atoms with E-state index in [0.29, 0.717) is 31.1 Å².